The van der Waals surface area contributed by atoms with Gasteiger partial charge in [-0.15, -0.1) is 0 Å². The molecule has 0 bridgehead atoms. The molecule has 0 aromatic carbocycles. The molecule has 96 valence electrons. The van der Waals surface area contributed by atoms with E-state index in [0.717, 1.165) is 25.7 Å². The van der Waals surface area contributed by atoms with Gasteiger partial charge in [0.05, 0.1) is 6.16 Å². The van der Waals surface area contributed by atoms with Gasteiger partial charge < -0.3 is 9.79 Å². The molecule has 0 atom stereocenters. The minimum absolute atomic E-state index is 0.0896. The first-order valence-corrected chi connectivity index (χ1v) is 7.77. The van der Waals surface area contributed by atoms with E-state index in [9.17, 15) is 9.36 Å². The summed E-state index contributed by atoms with van der Waals surface area (Å²) in [6.07, 6.45) is 4.17. The molecule has 0 aliphatic carbocycles. The average Bonchev–Trinajstić information content (AvgIpc) is 2.15. The first-order chi connectivity index (χ1) is 7.40. The molecule has 4 nitrogen and oxygen atoms in total. The van der Waals surface area contributed by atoms with Gasteiger partial charge in [0.25, 0.3) is 0 Å². The molecule has 2 N–H and O–H groups in total. The Kier molecular flexibility index (Phi) is 7.90. The van der Waals surface area contributed by atoms with Crippen LogP contribution >= 0.6 is 7.60 Å². The number of Topliss-reactive ketones (excluding diaryl/α,β-unsaturated/α-hetero) is 1. The van der Waals surface area contributed by atoms with Crippen molar-refractivity contribution in [2.24, 2.45) is 5.92 Å². The van der Waals surface area contributed by atoms with Crippen LogP contribution in [-0.2, 0) is 9.36 Å². The van der Waals surface area contributed by atoms with E-state index >= 15 is 0 Å². The summed E-state index contributed by atoms with van der Waals surface area (Å²) in [5.74, 6) is 0.254. The lowest BCUT2D eigenvalue weighted by molar-refractivity contribution is -0.123. The third-order valence-electron chi connectivity index (χ3n) is 2.60. The molecular formula is C11H23O4P. The summed E-state index contributed by atoms with van der Waals surface area (Å²) >= 11 is 0. The van der Waals surface area contributed by atoms with Gasteiger partial charge in [0.15, 0.2) is 0 Å². The highest BCUT2D eigenvalue weighted by Gasteiger charge is 2.18. The van der Waals surface area contributed by atoms with Crippen molar-refractivity contribution >= 4 is 13.4 Å². The van der Waals surface area contributed by atoms with Gasteiger partial charge in [-0.1, -0.05) is 26.7 Å². The van der Waals surface area contributed by atoms with Crippen molar-refractivity contribution in [3.05, 3.63) is 0 Å². The maximum atomic E-state index is 11.8. The fourth-order valence-corrected chi connectivity index (χ4v) is 2.40. The van der Waals surface area contributed by atoms with E-state index in [-0.39, 0.29) is 17.9 Å². The van der Waals surface area contributed by atoms with Crippen molar-refractivity contribution in [2.75, 3.05) is 6.16 Å². The number of hydrogen-bond acceptors (Lipinski definition) is 2. The Morgan fingerprint density at radius 1 is 1.19 bits per heavy atom. The average molecular weight is 250 g/mol. The lowest BCUT2D eigenvalue weighted by Crippen LogP contribution is -2.14. The maximum Gasteiger partial charge on any atom is 0.325 e. The molecule has 0 aromatic rings. The van der Waals surface area contributed by atoms with Crippen molar-refractivity contribution < 1.29 is 19.1 Å². The van der Waals surface area contributed by atoms with Crippen LogP contribution in [0.3, 0.4) is 0 Å². The van der Waals surface area contributed by atoms with Crippen molar-refractivity contribution in [1.29, 1.82) is 0 Å². The number of carbonyl (C=O) groups excluding carboxylic acids is 1. The van der Waals surface area contributed by atoms with Gasteiger partial charge in [-0.25, -0.2) is 0 Å². The van der Waals surface area contributed by atoms with Gasteiger partial charge in [-0.2, -0.15) is 0 Å². The quantitative estimate of drug-likeness (QED) is 0.617. The number of ketones is 1. The van der Waals surface area contributed by atoms with E-state index in [4.69, 9.17) is 9.79 Å². The zero-order chi connectivity index (χ0) is 12.6. The fraction of sp³-hybridized carbons (Fsp3) is 0.909. The highest BCUT2D eigenvalue weighted by atomic mass is 31.2. The minimum atomic E-state index is -3.94. The number of carbonyl (C=O) groups is 1. The Morgan fingerprint density at radius 3 is 2.06 bits per heavy atom. The van der Waals surface area contributed by atoms with E-state index in [0.29, 0.717) is 12.8 Å². The largest absolute Gasteiger partial charge is 0.325 e. The van der Waals surface area contributed by atoms with Crippen LogP contribution in [0.5, 0.6) is 0 Å². The van der Waals surface area contributed by atoms with Crippen molar-refractivity contribution in [3.63, 3.8) is 0 Å². The molecule has 0 amide bonds. The smallest absolute Gasteiger partial charge is 0.324 e. The molecular weight excluding hydrogens is 227 g/mol. The SMILES string of the molecule is CCCC(CCC)C(=O)CCCP(=O)(O)O. The van der Waals surface area contributed by atoms with E-state index in [1.807, 2.05) is 13.8 Å². The lowest BCUT2D eigenvalue weighted by Gasteiger charge is -2.13. The summed E-state index contributed by atoms with van der Waals surface area (Å²) in [5, 5.41) is 0. The zero-order valence-corrected chi connectivity index (χ0v) is 11.1. The molecule has 0 fully saturated rings. The summed E-state index contributed by atoms with van der Waals surface area (Å²) < 4.78 is 10.6. The van der Waals surface area contributed by atoms with Crippen LogP contribution < -0.4 is 0 Å². The molecule has 0 aromatic heterocycles. The molecule has 0 heterocycles. The van der Waals surface area contributed by atoms with Crippen LogP contribution in [0.2, 0.25) is 0 Å². The molecule has 0 unspecified atom stereocenters. The van der Waals surface area contributed by atoms with E-state index in [1.165, 1.54) is 0 Å². The Labute approximate surface area is 97.6 Å². The second-order valence-electron chi connectivity index (χ2n) is 4.23. The number of rotatable bonds is 9. The van der Waals surface area contributed by atoms with Gasteiger partial charge in [0, 0.05) is 12.3 Å². The summed E-state index contributed by atoms with van der Waals surface area (Å²) in [6.45, 7) is 4.09. The lowest BCUT2D eigenvalue weighted by atomic mass is 9.91. The number of hydrogen-bond donors (Lipinski definition) is 2. The predicted molar refractivity (Wildman–Crippen MR) is 64.5 cm³/mol. The fourth-order valence-electron chi connectivity index (χ4n) is 1.83. The summed E-state index contributed by atoms with van der Waals surface area (Å²) in [5.41, 5.74) is 0. The van der Waals surface area contributed by atoms with Crippen LogP contribution in [0.1, 0.15) is 52.4 Å². The monoisotopic (exact) mass is 250 g/mol. The topological polar surface area (TPSA) is 74.6 Å². The Hall–Kier alpha value is -0.180. The molecule has 5 heteroatoms. The van der Waals surface area contributed by atoms with Crippen LogP contribution in [0.4, 0.5) is 0 Å². The Bertz CT molecular complexity index is 240. The van der Waals surface area contributed by atoms with Crippen LogP contribution in [0.25, 0.3) is 0 Å². The summed E-state index contributed by atoms with van der Waals surface area (Å²) in [4.78, 5) is 29.1. The first kappa shape index (κ1) is 15.8. The molecule has 0 radical (unpaired) electrons. The standard InChI is InChI=1S/C11H23O4P/c1-3-6-10(7-4-2)11(12)8-5-9-16(13,14)15/h10H,3-9H2,1-2H3,(H2,13,14,15). The summed E-state index contributed by atoms with van der Waals surface area (Å²) in [7, 11) is -3.94. The highest BCUT2D eigenvalue weighted by molar-refractivity contribution is 7.51. The highest BCUT2D eigenvalue weighted by Crippen LogP contribution is 2.35. The Morgan fingerprint density at radius 2 is 1.69 bits per heavy atom. The van der Waals surface area contributed by atoms with Gasteiger partial charge in [0.1, 0.15) is 5.78 Å². The molecule has 0 aliphatic heterocycles. The van der Waals surface area contributed by atoms with Crippen molar-refractivity contribution in [2.45, 2.75) is 52.4 Å². The van der Waals surface area contributed by atoms with Gasteiger partial charge in [0.2, 0.25) is 0 Å². The van der Waals surface area contributed by atoms with Crippen LogP contribution in [-0.4, -0.2) is 21.7 Å². The van der Waals surface area contributed by atoms with E-state index in [2.05, 4.69) is 0 Å². The molecule has 0 saturated heterocycles. The molecule has 0 spiro atoms. The molecule has 0 aliphatic rings. The second kappa shape index (κ2) is 7.99. The normalized spacial score (nSPS) is 12.1. The van der Waals surface area contributed by atoms with Crippen molar-refractivity contribution in [3.8, 4) is 0 Å². The third kappa shape index (κ3) is 8.03. The van der Waals surface area contributed by atoms with Gasteiger partial charge >= 0.3 is 7.60 Å². The first-order valence-electron chi connectivity index (χ1n) is 5.98. The Balaban J connectivity index is 3.96. The van der Waals surface area contributed by atoms with E-state index in [1.54, 1.807) is 0 Å². The molecule has 0 saturated carbocycles. The minimum Gasteiger partial charge on any atom is -0.324 e. The third-order valence-corrected chi connectivity index (χ3v) is 3.50. The molecule has 0 rings (SSSR count). The van der Waals surface area contributed by atoms with Crippen LogP contribution in [0.15, 0.2) is 0 Å². The molecule has 16 heavy (non-hydrogen) atoms. The van der Waals surface area contributed by atoms with Gasteiger partial charge in [-0.3, -0.25) is 9.36 Å². The second-order valence-corrected chi connectivity index (χ2v) is 6.01. The summed E-state index contributed by atoms with van der Waals surface area (Å²) in [6, 6.07) is 0. The zero-order valence-electron chi connectivity index (χ0n) is 10.2. The van der Waals surface area contributed by atoms with E-state index < -0.39 is 7.60 Å². The maximum absolute atomic E-state index is 11.8. The van der Waals surface area contributed by atoms with Gasteiger partial charge in [-0.05, 0) is 19.3 Å². The van der Waals surface area contributed by atoms with Crippen LogP contribution in [0, 0.1) is 5.92 Å². The predicted octanol–water partition coefficient (Wildman–Crippen LogP) is 2.73. The van der Waals surface area contributed by atoms with Crippen molar-refractivity contribution in [1.82, 2.24) is 0 Å².